The van der Waals surface area contributed by atoms with Crippen LogP contribution in [0.5, 0.6) is 0 Å². The Hall–Kier alpha value is -1.72. The summed E-state index contributed by atoms with van der Waals surface area (Å²) in [6, 6.07) is 18.2. The largest absolute Gasteiger partial charge is 0.355 e. The maximum atomic E-state index is 3.34. The van der Waals surface area contributed by atoms with Crippen LogP contribution in [-0.2, 0) is 0 Å². The summed E-state index contributed by atoms with van der Waals surface area (Å²) >= 11 is 3.29. The quantitative estimate of drug-likeness (QED) is 0.645. The molecule has 0 aliphatic carbocycles. The average molecular weight is 286 g/mol. The molecule has 0 unspecified atom stereocenters. The van der Waals surface area contributed by atoms with E-state index in [0.29, 0.717) is 5.33 Å². The second-order valence-electron chi connectivity index (χ2n) is 3.51. The first-order valence-corrected chi connectivity index (χ1v) is 6.47. The summed E-state index contributed by atoms with van der Waals surface area (Å²) in [5.41, 5.74) is 3.15. The lowest BCUT2D eigenvalue weighted by Gasteiger charge is -2.06. The number of hydrogen-bond donors (Lipinski definition) is 1. The van der Waals surface area contributed by atoms with Crippen LogP contribution in [0.3, 0.4) is 0 Å². The first kappa shape index (κ1) is 11.8. The molecule has 0 amide bonds. The van der Waals surface area contributed by atoms with Crippen molar-refractivity contribution in [3.8, 4) is 11.8 Å². The van der Waals surface area contributed by atoms with Gasteiger partial charge in [-0.25, -0.2) is 0 Å². The Morgan fingerprint density at radius 2 is 1.71 bits per heavy atom. The molecule has 0 atom stereocenters. The van der Waals surface area contributed by atoms with Gasteiger partial charge in [-0.05, 0) is 30.3 Å². The molecule has 2 rings (SSSR count). The molecule has 2 heteroatoms. The van der Waals surface area contributed by atoms with Gasteiger partial charge in [-0.3, -0.25) is 0 Å². The van der Waals surface area contributed by atoms with Gasteiger partial charge in [-0.1, -0.05) is 52.0 Å². The predicted molar refractivity (Wildman–Crippen MR) is 76.8 cm³/mol. The number of hydrogen-bond acceptors (Lipinski definition) is 1. The SMILES string of the molecule is BrCC#Cc1cccc(Nc2ccccc2)c1. The van der Waals surface area contributed by atoms with E-state index in [-0.39, 0.29) is 0 Å². The van der Waals surface area contributed by atoms with Crippen molar-refractivity contribution in [3.63, 3.8) is 0 Å². The zero-order valence-corrected chi connectivity index (χ0v) is 10.9. The van der Waals surface area contributed by atoms with Crippen LogP contribution in [0.4, 0.5) is 11.4 Å². The number of benzene rings is 2. The standard InChI is InChI=1S/C15H12BrN/c16-11-5-7-13-6-4-10-15(12-13)17-14-8-2-1-3-9-14/h1-4,6,8-10,12,17H,11H2. The Balaban J connectivity index is 2.17. The van der Waals surface area contributed by atoms with Gasteiger partial charge in [0.25, 0.3) is 0 Å². The molecule has 17 heavy (non-hydrogen) atoms. The van der Waals surface area contributed by atoms with Gasteiger partial charge in [-0.15, -0.1) is 0 Å². The van der Waals surface area contributed by atoms with E-state index < -0.39 is 0 Å². The van der Waals surface area contributed by atoms with Crippen molar-refractivity contribution in [2.45, 2.75) is 0 Å². The fourth-order valence-corrected chi connectivity index (χ4v) is 1.64. The van der Waals surface area contributed by atoms with Gasteiger partial charge >= 0.3 is 0 Å². The van der Waals surface area contributed by atoms with Crippen LogP contribution in [0.2, 0.25) is 0 Å². The Morgan fingerprint density at radius 3 is 2.47 bits per heavy atom. The average Bonchev–Trinajstić information content (AvgIpc) is 2.38. The summed E-state index contributed by atoms with van der Waals surface area (Å²) < 4.78 is 0. The zero-order chi connectivity index (χ0) is 11.9. The molecular formula is C15H12BrN. The minimum absolute atomic E-state index is 0.698. The molecule has 2 aromatic carbocycles. The highest BCUT2D eigenvalue weighted by Crippen LogP contribution is 2.16. The Bertz CT molecular complexity index is 538. The van der Waals surface area contributed by atoms with Crippen LogP contribution >= 0.6 is 15.9 Å². The third-order valence-electron chi connectivity index (χ3n) is 2.22. The van der Waals surface area contributed by atoms with Crippen molar-refractivity contribution >= 4 is 27.3 Å². The van der Waals surface area contributed by atoms with E-state index in [0.717, 1.165) is 16.9 Å². The molecule has 0 aromatic heterocycles. The topological polar surface area (TPSA) is 12.0 Å². The molecule has 0 bridgehead atoms. The lowest BCUT2D eigenvalue weighted by Crippen LogP contribution is -1.89. The molecule has 0 saturated carbocycles. The van der Waals surface area contributed by atoms with E-state index in [2.05, 4.69) is 33.1 Å². The number of halogens is 1. The van der Waals surface area contributed by atoms with E-state index in [1.165, 1.54) is 0 Å². The van der Waals surface area contributed by atoms with Gasteiger partial charge < -0.3 is 5.32 Å². The highest BCUT2D eigenvalue weighted by molar-refractivity contribution is 9.09. The Morgan fingerprint density at radius 1 is 0.941 bits per heavy atom. The van der Waals surface area contributed by atoms with E-state index >= 15 is 0 Å². The van der Waals surface area contributed by atoms with E-state index in [9.17, 15) is 0 Å². The molecule has 1 N–H and O–H groups in total. The zero-order valence-electron chi connectivity index (χ0n) is 9.28. The third kappa shape index (κ3) is 3.65. The number of nitrogens with one attached hydrogen (secondary N) is 1. The second-order valence-corrected chi connectivity index (χ2v) is 4.07. The molecule has 0 spiro atoms. The third-order valence-corrected chi connectivity index (χ3v) is 2.50. The smallest absolute Gasteiger partial charge is 0.0649 e. The van der Waals surface area contributed by atoms with Crippen LogP contribution in [0.25, 0.3) is 0 Å². The van der Waals surface area contributed by atoms with Crippen molar-refractivity contribution in [2.75, 3.05) is 10.6 Å². The summed E-state index contributed by atoms with van der Waals surface area (Å²) in [6.07, 6.45) is 0. The second kappa shape index (κ2) is 6.12. The highest BCUT2D eigenvalue weighted by Gasteiger charge is 1.94. The van der Waals surface area contributed by atoms with E-state index in [1.54, 1.807) is 0 Å². The van der Waals surface area contributed by atoms with Crippen molar-refractivity contribution in [1.82, 2.24) is 0 Å². The summed E-state index contributed by atoms with van der Waals surface area (Å²) in [6.45, 7) is 0. The van der Waals surface area contributed by atoms with Crippen LogP contribution in [-0.4, -0.2) is 5.33 Å². The van der Waals surface area contributed by atoms with Crippen molar-refractivity contribution in [3.05, 3.63) is 60.2 Å². The van der Waals surface area contributed by atoms with Gasteiger partial charge in [0, 0.05) is 16.9 Å². The first-order chi connectivity index (χ1) is 8.38. The fraction of sp³-hybridized carbons (Fsp3) is 0.0667. The summed E-state index contributed by atoms with van der Waals surface area (Å²) in [5, 5.41) is 4.04. The molecule has 1 nitrogen and oxygen atoms in total. The van der Waals surface area contributed by atoms with Crippen molar-refractivity contribution in [1.29, 1.82) is 0 Å². The number of anilines is 2. The molecule has 0 heterocycles. The van der Waals surface area contributed by atoms with Crippen LogP contribution in [0.1, 0.15) is 5.56 Å². The van der Waals surface area contributed by atoms with Crippen LogP contribution < -0.4 is 5.32 Å². The molecule has 0 saturated heterocycles. The van der Waals surface area contributed by atoms with Gasteiger partial charge in [0.1, 0.15) is 0 Å². The molecule has 84 valence electrons. The maximum absolute atomic E-state index is 3.34. The van der Waals surface area contributed by atoms with Crippen molar-refractivity contribution in [2.24, 2.45) is 0 Å². The monoisotopic (exact) mass is 285 g/mol. The molecule has 0 aliphatic heterocycles. The molecule has 0 radical (unpaired) electrons. The summed E-state index contributed by atoms with van der Waals surface area (Å²) in [7, 11) is 0. The minimum atomic E-state index is 0.698. The first-order valence-electron chi connectivity index (χ1n) is 5.35. The lowest BCUT2D eigenvalue weighted by atomic mass is 10.2. The summed E-state index contributed by atoms with van der Waals surface area (Å²) in [4.78, 5) is 0. The van der Waals surface area contributed by atoms with Crippen molar-refractivity contribution < 1.29 is 0 Å². The van der Waals surface area contributed by atoms with E-state index in [1.807, 2.05) is 54.6 Å². The molecule has 0 aliphatic rings. The molecule has 2 aromatic rings. The maximum Gasteiger partial charge on any atom is 0.0649 e. The fourth-order valence-electron chi connectivity index (χ4n) is 1.50. The summed E-state index contributed by atoms with van der Waals surface area (Å²) in [5.74, 6) is 6.08. The predicted octanol–water partition coefficient (Wildman–Crippen LogP) is 4.18. The highest BCUT2D eigenvalue weighted by atomic mass is 79.9. The lowest BCUT2D eigenvalue weighted by molar-refractivity contribution is 1.53. The van der Waals surface area contributed by atoms with Crippen LogP contribution in [0.15, 0.2) is 54.6 Å². The number of rotatable bonds is 2. The van der Waals surface area contributed by atoms with Gasteiger partial charge in [0.2, 0.25) is 0 Å². The number of alkyl halides is 1. The number of para-hydroxylation sites is 1. The van der Waals surface area contributed by atoms with Crippen LogP contribution in [0, 0.1) is 11.8 Å². The normalized spacial score (nSPS) is 9.24. The van der Waals surface area contributed by atoms with Gasteiger partial charge in [0.15, 0.2) is 0 Å². The Kier molecular flexibility index (Phi) is 4.23. The molecule has 0 fully saturated rings. The minimum Gasteiger partial charge on any atom is -0.355 e. The molecular weight excluding hydrogens is 274 g/mol. The van der Waals surface area contributed by atoms with Gasteiger partial charge in [-0.2, -0.15) is 0 Å². The van der Waals surface area contributed by atoms with Gasteiger partial charge in [0.05, 0.1) is 5.33 Å². The Labute approximate surface area is 110 Å². The van der Waals surface area contributed by atoms with E-state index in [4.69, 9.17) is 0 Å².